The van der Waals surface area contributed by atoms with Crippen LogP contribution >= 0.6 is 28.3 Å². The van der Waals surface area contributed by atoms with Crippen LogP contribution in [0, 0.1) is 5.92 Å². The van der Waals surface area contributed by atoms with Crippen molar-refractivity contribution in [1.82, 2.24) is 0 Å². The molecule has 1 saturated carbocycles. The zero-order valence-electron chi connectivity index (χ0n) is 6.35. The molecule has 4 heteroatoms. The average Bonchev–Trinajstić information content (AvgIpc) is 2.41. The number of hydrogen-bond acceptors (Lipinski definition) is 1. The second kappa shape index (κ2) is 4.63. The van der Waals surface area contributed by atoms with Gasteiger partial charge < -0.3 is 5.73 Å². The highest BCUT2D eigenvalue weighted by Crippen LogP contribution is 2.54. The maximum atomic E-state index is 12.8. The second-order valence-corrected chi connectivity index (χ2v) is 4.26. The van der Waals surface area contributed by atoms with Crippen LogP contribution < -0.4 is 5.73 Å². The zero-order valence-corrected chi connectivity index (χ0v) is 8.76. The molecule has 1 fully saturated rings. The lowest BCUT2D eigenvalue weighted by Gasteiger charge is -1.97. The smallest absolute Gasteiger partial charge is 0.168 e. The van der Waals surface area contributed by atoms with Crippen molar-refractivity contribution in [3.63, 3.8) is 0 Å². The Labute approximate surface area is 81.4 Å². The second-order valence-electron chi connectivity index (χ2n) is 2.95. The molecule has 0 aromatic carbocycles. The fraction of sp³-hybridized carbons (Fsp3) is 1.00. The maximum Gasteiger partial charge on any atom is 0.168 e. The van der Waals surface area contributed by atoms with E-state index in [1.54, 1.807) is 0 Å². The number of nitrogens with two attached hydrogens (primary N) is 1. The summed E-state index contributed by atoms with van der Waals surface area (Å²) in [5.74, 6) is 0.263. The van der Waals surface area contributed by atoms with Crippen molar-refractivity contribution in [2.75, 3.05) is 6.54 Å². The minimum absolute atomic E-state index is 0. The van der Waals surface area contributed by atoms with Crippen molar-refractivity contribution in [3.05, 3.63) is 0 Å². The monoisotopic (exact) mass is 245 g/mol. The van der Waals surface area contributed by atoms with Gasteiger partial charge in [-0.2, -0.15) is 0 Å². The van der Waals surface area contributed by atoms with Crippen LogP contribution in [0.4, 0.5) is 4.39 Å². The molecule has 68 valence electrons. The first-order chi connectivity index (χ1) is 4.67. The Kier molecular flexibility index (Phi) is 4.91. The molecule has 0 spiro atoms. The summed E-state index contributed by atoms with van der Waals surface area (Å²) in [5.41, 5.74) is 5.30. The zero-order chi connectivity index (χ0) is 7.61. The Morgan fingerprint density at radius 3 is 2.45 bits per heavy atom. The molecule has 2 atom stereocenters. The van der Waals surface area contributed by atoms with Crippen molar-refractivity contribution < 1.29 is 4.39 Å². The highest BCUT2D eigenvalue weighted by molar-refractivity contribution is 9.10. The molecule has 1 rings (SSSR count). The van der Waals surface area contributed by atoms with Crippen LogP contribution in [-0.4, -0.2) is 11.1 Å². The summed E-state index contributed by atoms with van der Waals surface area (Å²) in [6.45, 7) is 0.730. The first kappa shape index (κ1) is 11.7. The molecule has 0 aliphatic heterocycles. The van der Waals surface area contributed by atoms with Crippen LogP contribution in [0.2, 0.25) is 0 Å². The molecule has 1 aliphatic carbocycles. The molecule has 1 aliphatic rings. The summed E-state index contributed by atoms with van der Waals surface area (Å²) in [4.78, 5) is 0. The predicted molar refractivity (Wildman–Crippen MR) is 51.0 cm³/mol. The van der Waals surface area contributed by atoms with Gasteiger partial charge in [0, 0.05) is 5.92 Å². The Morgan fingerprint density at radius 1 is 1.55 bits per heavy atom. The van der Waals surface area contributed by atoms with E-state index in [0.29, 0.717) is 6.42 Å². The predicted octanol–water partition coefficient (Wildman–Crippen LogP) is 2.62. The maximum absolute atomic E-state index is 12.8. The standard InChI is InChI=1S/C7H13BrFN.ClH/c8-7(9)5-6(7)3-1-2-4-10;/h6H,1-5,10H2;1H. The molecule has 0 heterocycles. The number of alkyl halides is 2. The van der Waals surface area contributed by atoms with E-state index in [4.69, 9.17) is 5.73 Å². The van der Waals surface area contributed by atoms with E-state index in [1.165, 1.54) is 0 Å². The van der Waals surface area contributed by atoms with Crippen LogP contribution in [0.3, 0.4) is 0 Å². The summed E-state index contributed by atoms with van der Waals surface area (Å²) in [7, 11) is 0. The van der Waals surface area contributed by atoms with Gasteiger partial charge in [-0.3, -0.25) is 0 Å². The van der Waals surface area contributed by atoms with Gasteiger partial charge in [0.1, 0.15) is 0 Å². The van der Waals surface area contributed by atoms with Gasteiger partial charge in [-0.25, -0.2) is 4.39 Å². The van der Waals surface area contributed by atoms with Crippen molar-refractivity contribution >= 4 is 28.3 Å². The van der Waals surface area contributed by atoms with E-state index in [0.717, 1.165) is 25.8 Å². The quantitative estimate of drug-likeness (QED) is 0.599. The third-order valence-electron chi connectivity index (χ3n) is 1.96. The molecule has 0 bridgehead atoms. The van der Waals surface area contributed by atoms with Crippen molar-refractivity contribution in [2.24, 2.45) is 11.7 Å². The van der Waals surface area contributed by atoms with Crippen LogP contribution in [-0.2, 0) is 0 Å². The molecule has 0 saturated heterocycles. The molecule has 0 radical (unpaired) electrons. The summed E-state index contributed by atoms with van der Waals surface area (Å²) in [6.07, 6.45) is 3.77. The third kappa shape index (κ3) is 3.72. The third-order valence-corrected chi connectivity index (χ3v) is 2.93. The minimum Gasteiger partial charge on any atom is -0.330 e. The van der Waals surface area contributed by atoms with Crippen LogP contribution in [0.1, 0.15) is 25.7 Å². The molecular weight excluding hydrogens is 232 g/mol. The lowest BCUT2D eigenvalue weighted by atomic mass is 10.2. The largest absolute Gasteiger partial charge is 0.330 e. The van der Waals surface area contributed by atoms with Gasteiger partial charge in [-0.15, -0.1) is 12.4 Å². The van der Waals surface area contributed by atoms with Crippen molar-refractivity contribution in [1.29, 1.82) is 0 Å². The summed E-state index contributed by atoms with van der Waals surface area (Å²) in [5, 5.41) is 0. The first-order valence-corrected chi connectivity index (χ1v) is 4.54. The number of halogens is 3. The molecule has 1 nitrogen and oxygen atoms in total. The lowest BCUT2D eigenvalue weighted by Crippen LogP contribution is -1.99. The molecule has 0 aromatic rings. The fourth-order valence-electron chi connectivity index (χ4n) is 1.12. The molecule has 0 aromatic heterocycles. The van der Waals surface area contributed by atoms with E-state index in [2.05, 4.69) is 15.9 Å². The van der Waals surface area contributed by atoms with Gasteiger partial charge in [-0.05, 0) is 41.7 Å². The minimum atomic E-state index is -1.01. The van der Waals surface area contributed by atoms with Gasteiger partial charge in [-0.1, -0.05) is 6.42 Å². The van der Waals surface area contributed by atoms with Crippen molar-refractivity contribution in [3.8, 4) is 0 Å². The highest BCUT2D eigenvalue weighted by Gasteiger charge is 2.52. The van der Waals surface area contributed by atoms with E-state index in [1.807, 2.05) is 0 Å². The molecular formula is C7H14BrClFN. The summed E-state index contributed by atoms with van der Waals surface area (Å²) < 4.78 is 11.8. The van der Waals surface area contributed by atoms with Gasteiger partial charge >= 0.3 is 0 Å². The molecule has 0 amide bonds. The fourth-order valence-corrected chi connectivity index (χ4v) is 1.74. The van der Waals surface area contributed by atoms with Crippen LogP contribution in [0.25, 0.3) is 0 Å². The lowest BCUT2D eigenvalue weighted by molar-refractivity contribution is 0.402. The summed E-state index contributed by atoms with van der Waals surface area (Å²) >= 11 is 3.01. The van der Waals surface area contributed by atoms with Crippen molar-refractivity contribution in [2.45, 2.75) is 30.3 Å². The summed E-state index contributed by atoms with van der Waals surface area (Å²) in [6, 6.07) is 0. The Bertz CT molecular complexity index is 121. The number of rotatable bonds is 4. The Morgan fingerprint density at radius 2 is 2.09 bits per heavy atom. The first-order valence-electron chi connectivity index (χ1n) is 3.74. The van der Waals surface area contributed by atoms with E-state index in [-0.39, 0.29) is 18.3 Å². The average molecular weight is 247 g/mol. The number of hydrogen-bond donors (Lipinski definition) is 1. The number of unbranched alkanes of at least 4 members (excludes halogenated alkanes) is 1. The highest BCUT2D eigenvalue weighted by atomic mass is 79.9. The molecule has 2 unspecified atom stereocenters. The van der Waals surface area contributed by atoms with Crippen LogP contribution in [0.5, 0.6) is 0 Å². The van der Waals surface area contributed by atoms with Gasteiger partial charge in [0.25, 0.3) is 0 Å². The van der Waals surface area contributed by atoms with Gasteiger partial charge in [0.05, 0.1) is 0 Å². The Hall–Kier alpha value is 0.660. The van der Waals surface area contributed by atoms with Gasteiger partial charge in [0.2, 0.25) is 0 Å². The molecule has 11 heavy (non-hydrogen) atoms. The normalized spacial score (nSPS) is 34.6. The topological polar surface area (TPSA) is 26.0 Å². The van der Waals surface area contributed by atoms with E-state index < -0.39 is 4.58 Å². The SMILES string of the molecule is Cl.NCCCCC1CC1(F)Br. The molecule has 2 N–H and O–H groups in total. The van der Waals surface area contributed by atoms with E-state index >= 15 is 0 Å². The Balaban J connectivity index is 0.000001000. The van der Waals surface area contributed by atoms with E-state index in [9.17, 15) is 4.39 Å². The van der Waals surface area contributed by atoms with Crippen LogP contribution in [0.15, 0.2) is 0 Å². The van der Waals surface area contributed by atoms with Gasteiger partial charge in [0.15, 0.2) is 4.58 Å².